The van der Waals surface area contributed by atoms with Gasteiger partial charge in [-0.2, -0.15) is 5.10 Å². The van der Waals surface area contributed by atoms with Crippen molar-refractivity contribution < 1.29 is 9.34 Å². The zero-order valence-corrected chi connectivity index (χ0v) is 10.7. The van der Waals surface area contributed by atoms with Crippen LogP contribution < -0.4 is 0 Å². The molecule has 0 aliphatic rings. The molecule has 0 fully saturated rings. The second-order valence-electron chi connectivity index (χ2n) is 3.91. The Morgan fingerprint density at radius 3 is 2.90 bits per heavy atom. The van der Waals surface area contributed by atoms with Crippen LogP contribution in [0.25, 0.3) is 23.0 Å². The number of hydrogen-bond acceptors (Lipinski definition) is 5. The maximum absolute atomic E-state index is 10.9. The average molecular weight is 291 g/mol. The summed E-state index contributed by atoms with van der Waals surface area (Å²) in [5, 5.41) is 17.6. The first-order chi connectivity index (χ1) is 9.65. The molecule has 2 aromatic heterocycles. The van der Waals surface area contributed by atoms with E-state index >= 15 is 0 Å². The third-order valence-corrected chi connectivity index (χ3v) is 2.96. The first-order valence-electron chi connectivity index (χ1n) is 5.56. The number of rotatable bonds is 3. The molecule has 8 heteroatoms. The first kappa shape index (κ1) is 12.4. The lowest BCUT2D eigenvalue weighted by atomic mass is 10.2. The summed E-state index contributed by atoms with van der Waals surface area (Å²) in [5.41, 5.74) is 0.309. The van der Waals surface area contributed by atoms with E-state index in [0.29, 0.717) is 23.0 Å². The summed E-state index contributed by atoms with van der Waals surface area (Å²) in [5.74, 6) is 1.31. The van der Waals surface area contributed by atoms with Crippen molar-refractivity contribution in [1.29, 1.82) is 0 Å². The molecule has 0 aliphatic heterocycles. The molecule has 3 rings (SSSR count). The number of benzene rings is 1. The van der Waals surface area contributed by atoms with Crippen molar-refractivity contribution in [1.82, 2.24) is 15.2 Å². The third kappa shape index (κ3) is 2.14. The van der Waals surface area contributed by atoms with E-state index in [1.807, 2.05) is 0 Å². The predicted molar refractivity (Wildman–Crippen MR) is 71.2 cm³/mol. The van der Waals surface area contributed by atoms with E-state index in [0.717, 1.165) is 0 Å². The zero-order valence-electron chi connectivity index (χ0n) is 9.91. The molecule has 0 saturated carbocycles. The molecule has 0 bridgehead atoms. The van der Waals surface area contributed by atoms with Gasteiger partial charge in [-0.1, -0.05) is 11.6 Å². The number of furan rings is 1. The fourth-order valence-electron chi connectivity index (χ4n) is 1.71. The van der Waals surface area contributed by atoms with E-state index in [2.05, 4.69) is 15.2 Å². The maximum Gasteiger partial charge on any atom is 0.288 e. The molecule has 1 aromatic carbocycles. The first-order valence-corrected chi connectivity index (χ1v) is 5.93. The third-order valence-electron chi connectivity index (χ3n) is 2.64. The highest BCUT2D eigenvalue weighted by Crippen LogP contribution is 2.29. The van der Waals surface area contributed by atoms with Gasteiger partial charge < -0.3 is 4.42 Å². The van der Waals surface area contributed by atoms with Gasteiger partial charge in [0.1, 0.15) is 5.02 Å². The molecule has 100 valence electrons. The minimum absolute atomic E-state index is 0.0699. The smallest absolute Gasteiger partial charge is 0.288 e. The molecule has 0 saturated heterocycles. The quantitative estimate of drug-likeness (QED) is 0.589. The molecule has 0 spiro atoms. The van der Waals surface area contributed by atoms with Crippen molar-refractivity contribution in [3.8, 4) is 23.0 Å². The van der Waals surface area contributed by atoms with Crippen molar-refractivity contribution in [2.75, 3.05) is 0 Å². The molecule has 3 aromatic rings. The van der Waals surface area contributed by atoms with Crippen LogP contribution in [0.3, 0.4) is 0 Å². The number of aromatic nitrogens is 3. The fourth-order valence-corrected chi connectivity index (χ4v) is 1.89. The Hall–Kier alpha value is -2.67. The highest BCUT2D eigenvalue weighted by Gasteiger charge is 2.16. The fraction of sp³-hybridized carbons (Fsp3) is 0. The highest BCUT2D eigenvalue weighted by molar-refractivity contribution is 6.32. The number of halogens is 1. The van der Waals surface area contributed by atoms with Crippen LogP contribution in [0.1, 0.15) is 0 Å². The number of hydrogen-bond donors (Lipinski definition) is 1. The molecule has 0 radical (unpaired) electrons. The van der Waals surface area contributed by atoms with Gasteiger partial charge in [0.2, 0.25) is 0 Å². The summed E-state index contributed by atoms with van der Waals surface area (Å²) in [6.07, 6.45) is 1.52. The van der Waals surface area contributed by atoms with Crippen LogP contribution in [0.4, 0.5) is 5.69 Å². The molecular weight excluding hydrogens is 284 g/mol. The molecule has 0 amide bonds. The van der Waals surface area contributed by atoms with Crippen molar-refractivity contribution >= 4 is 17.3 Å². The highest BCUT2D eigenvalue weighted by atomic mass is 35.5. The van der Waals surface area contributed by atoms with Crippen molar-refractivity contribution in [3.63, 3.8) is 0 Å². The standard InChI is InChI=1S/C12H7ClN4O3/c13-8-4-3-7(6-9(8)17(18)19)11-14-12(16-15-11)10-2-1-5-20-10/h1-6H,(H,14,15,16). The van der Waals surface area contributed by atoms with Gasteiger partial charge in [-0.25, -0.2) is 4.98 Å². The molecule has 0 atom stereocenters. The Morgan fingerprint density at radius 2 is 2.20 bits per heavy atom. The Kier molecular flexibility index (Phi) is 2.96. The lowest BCUT2D eigenvalue weighted by molar-refractivity contribution is -0.384. The molecular formula is C12H7ClN4O3. The summed E-state index contributed by atoms with van der Waals surface area (Å²) in [6, 6.07) is 7.85. The van der Waals surface area contributed by atoms with Crippen molar-refractivity contribution in [2.24, 2.45) is 0 Å². The lowest BCUT2D eigenvalue weighted by Gasteiger charge is -1.97. The van der Waals surface area contributed by atoms with Gasteiger partial charge in [0.05, 0.1) is 11.2 Å². The average Bonchev–Trinajstić information content (AvgIpc) is 3.09. The zero-order chi connectivity index (χ0) is 14.1. The van der Waals surface area contributed by atoms with E-state index in [4.69, 9.17) is 16.0 Å². The van der Waals surface area contributed by atoms with E-state index in [1.165, 1.54) is 18.4 Å². The van der Waals surface area contributed by atoms with Crippen LogP contribution in [0, 0.1) is 10.1 Å². The Morgan fingerprint density at radius 1 is 1.35 bits per heavy atom. The Bertz CT molecular complexity index is 767. The Balaban J connectivity index is 2.02. The summed E-state index contributed by atoms with van der Waals surface area (Å²) < 4.78 is 5.19. The van der Waals surface area contributed by atoms with E-state index < -0.39 is 4.92 Å². The van der Waals surface area contributed by atoms with Gasteiger partial charge >= 0.3 is 0 Å². The normalized spacial score (nSPS) is 10.7. The van der Waals surface area contributed by atoms with Crippen LogP contribution in [0.15, 0.2) is 41.0 Å². The number of nitro groups is 1. The lowest BCUT2D eigenvalue weighted by Crippen LogP contribution is -1.90. The number of nitro benzene ring substituents is 1. The van der Waals surface area contributed by atoms with Crippen LogP contribution in [-0.4, -0.2) is 20.1 Å². The van der Waals surface area contributed by atoms with Crippen LogP contribution in [0.5, 0.6) is 0 Å². The van der Waals surface area contributed by atoms with Gasteiger partial charge in [-0.05, 0) is 24.3 Å². The minimum atomic E-state index is -0.550. The molecule has 20 heavy (non-hydrogen) atoms. The predicted octanol–water partition coefficient (Wildman–Crippen LogP) is 3.29. The summed E-state index contributed by atoms with van der Waals surface area (Å²) in [7, 11) is 0. The van der Waals surface area contributed by atoms with Gasteiger partial charge in [0.15, 0.2) is 17.4 Å². The van der Waals surface area contributed by atoms with Gasteiger partial charge in [0.25, 0.3) is 5.69 Å². The summed E-state index contributed by atoms with van der Waals surface area (Å²) in [6.45, 7) is 0. The Labute approximate surface area is 117 Å². The van der Waals surface area contributed by atoms with Crippen LogP contribution in [0.2, 0.25) is 5.02 Å². The van der Waals surface area contributed by atoms with E-state index in [-0.39, 0.29) is 10.7 Å². The summed E-state index contributed by atoms with van der Waals surface area (Å²) >= 11 is 5.76. The molecule has 1 N–H and O–H groups in total. The van der Waals surface area contributed by atoms with Gasteiger partial charge in [-0.15, -0.1) is 0 Å². The summed E-state index contributed by atoms with van der Waals surface area (Å²) in [4.78, 5) is 14.5. The molecule has 0 aliphatic carbocycles. The largest absolute Gasteiger partial charge is 0.461 e. The van der Waals surface area contributed by atoms with Gasteiger partial charge in [-0.3, -0.25) is 15.2 Å². The van der Waals surface area contributed by atoms with Crippen LogP contribution in [-0.2, 0) is 0 Å². The van der Waals surface area contributed by atoms with Gasteiger partial charge in [0, 0.05) is 11.6 Å². The monoisotopic (exact) mass is 290 g/mol. The molecule has 2 heterocycles. The second-order valence-corrected chi connectivity index (χ2v) is 4.32. The van der Waals surface area contributed by atoms with Crippen molar-refractivity contribution in [2.45, 2.75) is 0 Å². The van der Waals surface area contributed by atoms with Crippen molar-refractivity contribution in [3.05, 3.63) is 51.7 Å². The molecule has 0 unspecified atom stereocenters. The number of H-pyrrole nitrogens is 1. The van der Waals surface area contributed by atoms with E-state index in [9.17, 15) is 10.1 Å². The number of nitrogens with one attached hydrogen (secondary N) is 1. The number of nitrogens with zero attached hydrogens (tertiary/aromatic N) is 3. The second kappa shape index (κ2) is 4.78. The topological polar surface area (TPSA) is 97.8 Å². The number of aromatic amines is 1. The van der Waals surface area contributed by atoms with E-state index in [1.54, 1.807) is 18.2 Å². The SMILES string of the molecule is O=[N+]([O-])c1cc(-c2n[nH]c(-c3ccco3)n2)ccc1Cl. The molecule has 7 nitrogen and oxygen atoms in total. The maximum atomic E-state index is 10.9. The minimum Gasteiger partial charge on any atom is -0.461 e. The van der Waals surface area contributed by atoms with Crippen LogP contribution >= 0.6 is 11.6 Å².